The van der Waals surface area contributed by atoms with Gasteiger partial charge < -0.3 is 20.4 Å². The summed E-state index contributed by atoms with van der Waals surface area (Å²) < 4.78 is 0. The number of likely N-dealkylation sites (tertiary alicyclic amines) is 1. The molecule has 4 rings (SSSR count). The third-order valence-corrected chi connectivity index (χ3v) is 6.19. The molecule has 2 saturated heterocycles. The van der Waals surface area contributed by atoms with Crippen molar-refractivity contribution < 1.29 is 9.59 Å². The van der Waals surface area contributed by atoms with Crippen molar-refractivity contribution >= 4 is 29.9 Å². The lowest BCUT2D eigenvalue weighted by molar-refractivity contribution is -0.125. The minimum Gasteiger partial charge on any atom is -0.351 e. The Morgan fingerprint density at radius 3 is 2.43 bits per heavy atom. The van der Waals surface area contributed by atoms with Crippen LogP contribution in [0, 0.1) is 6.92 Å². The number of anilines is 1. The van der Waals surface area contributed by atoms with E-state index in [9.17, 15) is 9.59 Å². The van der Waals surface area contributed by atoms with Gasteiger partial charge in [0, 0.05) is 37.4 Å². The Morgan fingerprint density at radius 1 is 1.07 bits per heavy atom. The molecule has 2 aliphatic rings. The third kappa shape index (κ3) is 4.30. The van der Waals surface area contributed by atoms with E-state index in [-0.39, 0.29) is 24.2 Å². The molecule has 2 fully saturated rings. The molecule has 0 saturated carbocycles. The monoisotopic (exact) mass is 428 g/mol. The van der Waals surface area contributed by atoms with Gasteiger partial charge in [0.15, 0.2) is 0 Å². The molecule has 7 heteroatoms. The van der Waals surface area contributed by atoms with E-state index in [1.165, 1.54) is 0 Å². The molecule has 2 amide bonds. The topological polar surface area (TPSA) is 64.7 Å². The first-order valence-corrected chi connectivity index (χ1v) is 10.3. The smallest absolute Gasteiger partial charge is 0.251 e. The van der Waals surface area contributed by atoms with Gasteiger partial charge in [-0.3, -0.25) is 9.59 Å². The highest BCUT2D eigenvalue weighted by molar-refractivity contribution is 5.95. The third-order valence-electron chi connectivity index (χ3n) is 6.19. The Labute approximate surface area is 184 Å². The van der Waals surface area contributed by atoms with E-state index >= 15 is 0 Å². The molecule has 0 unspecified atom stereocenters. The standard InChI is InChI=1S/C23H28N4O2.ClH/c1-18-7-5-6-10-20(18)21(28)24-13-16-26-14-11-23(12-15-26)22(29)25-17-27(23)19-8-3-2-4-9-19;/h2-10H,11-17H2,1H3,(H,24,28)(H,25,29);1H. The highest BCUT2D eigenvalue weighted by Crippen LogP contribution is 2.35. The minimum absolute atomic E-state index is 0. The number of carbonyl (C=O) groups excluding carboxylic acids is 2. The summed E-state index contributed by atoms with van der Waals surface area (Å²) in [7, 11) is 0. The molecule has 2 heterocycles. The van der Waals surface area contributed by atoms with Gasteiger partial charge in [-0.05, 0) is 43.5 Å². The first-order valence-electron chi connectivity index (χ1n) is 10.3. The first kappa shape index (κ1) is 22.1. The summed E-state index contributed by atoms with van der Waals surface area (Å²) in [5, 5.41) is 6.06. The summed E-state index contributed by atoms with van der Waals surface area (Å²) in [6.07, 6.45) is 1.58. The van der Waals surface area contributed by atoms with Crippen molar-refractivity contribution in [3.8, 4) is 0 Å². The van der Waals surface area contributed by atoms with Crippen molar-refractivity contribution in [1.29, 1.82) is 0 Å². The Kier molecular flexibility index (Phi) is 7.00. The number of aryl methyl sites for hydroxylation is 1. The second kappa shape index (κ2) is 9.49. The number of amides is 2. The van der Waals surface area contributed by atoms with Crippen molar-refractivity contribution in [1.82, 2.24) is 15.5 Å². The molecule has 0 atom stereocenters. The van der Waals surface area contributed by atoms with Crippen LogP contribution in [-0.4, -0.2) is 55.1 Å². The van der Waals surface area contributed by atoms with Gasteiger partial charge in [0.2, 0.25) is 5.91 Å². The lowest BCUT2D eigenvalue weighted by Crippen LogP contribution is -2.57. The van der Waals surface area contributed by atoms with E-state index in [1.807, 2.05) is 49.4 Å². The van der Waals surface area contributed by atoms with Crippen molar-refractivity contribution in [2.45, 2.75) is 25.3 Å². The summed E-state index contributed by atoms with van der Waals surface area (Å²) in [5.74, 6) is 0.107. The predicted molar refractivity (Wildman–Crippen MR) is 121 cm³/mol. The quantitative estimate of drug-likeness (QED) is 0.768. The van der Waals surface area contributed by atoms with Gasteiger partial charge >= 0.3 is 0 Å². The van der Waals surface area contributed by atoms with Gasteiger partial charge in [0.1, 0.15) is 5.54 Å². The number of carbonyl (C=O) groups is 2. The van der Waals surface area contributed by atoms with Crippen LogP contribution in [0.15, 0.2) is 54.6 Å². The molecule has 2 aromatic rings. The van der Waals surface area contributed by atoms with Gasteiger partial charge in [-0.1, -0.05) is 36.4 Å². The predicted octanol–water partition coefficient (Wildman–Crippen LogP) is 2.58. The number of nitrogens with one attached hydrogen (secondary N) is 2. The van der Waals surface area contributed by atoms with Crippen LogP contribution in [-0.2, 0) is 4.79 Å². The maximum Gasteiger partial charge on any atom is 0.251 e. The number of hydrogen-bond acceptors (Lipinski definition) is 4. The zero-order valence-electron chi connectivity index (χ0n) is 17.3. The van der Waals surface area contributed by atoms with Crippen molar-refractivity contribution in [3.05, 3.63) is 65.7 Å². The van der Waals surface area contributed by atoms with E-state index in [2.05, 4.69) is 32.6 Å². The zero-order chi connectivity index (χ0) is 20.3. The van der Waals surface area contributed by atoms with Crippen molar-refractivity contribution in [2.24, 2.45) is 0 Å². The highest BCUT2D eigenvalue weighted by atomic mass is 35.5. The zero-order valence-corrected chi connectivity index (χ0v) is 18.1. The number of halogens is 1. The van der Waals surface area contributed by atoms with Crippen molar-refractivity contribution in [3.63, 3.8) is 0 Å². The maximum absolute atomic E-state index is 12.7. The van der Waals surface area contributed by atoms with Gasteiger partial charge in [-0.25, -0.2) is 0 Å². The number of benzene rings is 2. The number of nitrogens with zero attached hydrogens (tertiary/aromatic N) is 2. The Bertz CT molecular complexity index is 882. The molecule has 0 radical (unpaired) electrons. The lowest BCUT2D eigenvalue weighted by atomic mass is 9.85. The summed E-state index contributed by atoms with van der Waals surface area (Å²) in [6, 6.07) is 17.8. The van der Waals surface area contributed by atoms with E-state index in [0.717, 1.165) is 49.3 Å². The average Bonchev–Trinajstić information content (AvgIpc) is 3.06. The molecule has 0 bridgehead atoms. The van der Waals surface area contributed by atoms with Crippen LogP contribution in [0.3, 0.4) is 0 Å². The summed E-state index contributed by atoms with van der Waals surface area (Å²) in [6.45, 7) is 5.60. The average molecular weight is 429 g/mol. The van der Waals surface area contributed by atoms with Crippen LogP contribution in [0.1, 0.15) is 28.8 Å². The Hall–Kier alpha value is -2.57. The molecule has 0 aromatic heterocycles. The SMILES string of the molecule is Cc1ccccc1C(=O)NCCN1CCC2(CC1)C(=O)NCN2c1ccccc1.Cl. The fraction of sp³-hybridized carbons (Fsp3) is 0.391. The number of hydrogen-bond donors (Lipinski definition) is 2. The minimum atomic E-state index is -0.456. The lowest BCUT2D eigenvalue weighted by Gasteiger charge is -2.43. The molecule has 2 aliphatic heterocycles. The molecule has 0 aliphatic carbocycles. The van der Waals surface area contributed by atoms with Crippen LogP contribution in [0.25, 0.3) is 0 Å². The molecule has 2 aromatic carbocycles. The molecule has 2 N–H and O–H groups in total. The molecule has 30 heavy (non-hydrogen) atoms. The van der Waals surface area contributed by atoms with E-state index in [1.54, 1.807) is 0 Å². The van der Waals surface area contributed by atoms with Crippen molar-refractivity contribution in [2.75, 3.05) is 37.7 Å². The number of rotatable bonds is 5. The molecule has 6 nitrogen and oxygen atoms in total. The van der Waals surface area contributed by atoms with E-state index in [0.29, 0.717) is 13.2 Å². The van der Waals surface area contributed by atoms with Gasteiger partial charge in [0.25, 0.3) is 5.91 Å². The highest BCUT2D eigenvalue weighted by Gasteiger charge is 2.50. The summed E-state index contributed by atoms with van der Waals surface area (Å²) in [4.78, 5) is 29.6. The van der Waals surface area contributed by atoms with Crippen LogP contribution in [0.2, 0.25) is 0 Å². The van der Waals surface area contributed by atoms with Gasteiger partial charge in [0.05, 0.1) is 6.67 Å². The fourth-order valence-corrected chi connectivity index (χ4v) is 4.43. The second-order valence-electron chi connectivity index (χ2n) is 7.87. The Balaban J connectivity index is 0.00000256. The summed E-state index contributed by atoms with van der Waals surface area (Å²) >= 11 is 0. The largest absolute Gasteiger partial charge is 0.351 e. The van der Waals surface area contributed by atoms with Gasteiger partial charge in [-0.15, -0.1) is 12.4 Å². The Morgan fingerprint density at radius 2 is 1.73 bits per heavy atom. The normalized spacial score (nSPS) is 18.0. The van der Waals surface area contributed by atoms with Crippen LogP contribution >= 0.6 is 12.4 Å². The molecule has 160 valence electrons. The fourth-order valence-electron chi connectivity index (χ4n) is 4.43. The molecular formula is C23H29ClN4O2. The molecular weight excluding hydrogens is 400 g/mol. The van der Waals surface area contributed by atoms with E-state index < -0.39 is 5.54 Å². The second-order valence-corrected chi connectivity index (χ2v) is 7.87. The van der Waals surface area contributed by atoms with E-state index in [4.69, 9.17) is 0 Å². The van der Waals surface area contributed by atoms with Gasteiger partial charge in [-0.2, -0.15) is 0 Å². The molecule has 1 spiro atoms. The number of piperidine rings is 1. The first-order chi connectivity index (χ1) is 14.1. The summed E-state index contributed by atoms with van der Waals surface area (Å²) in [5.41, 5.74) is 2.34. The number of para-hydroxylation sites is 1. The van der Waals surface area contributed by atoms with Crippen LogP contribution in [0.4, 0.5) is 5.69 Å². The van der Waals surface area contributed by atoms with Crippen LogP contribution < -0.4 is 15.5 Å². The maximum atomic E-state index is 12.7. The van der Waals surface area contributed by atoms with Crippen LogP contribution in [0.5, 0.6) is 0 Å².